The van der Waals surface area contributed by atoms with Crippen molar-refractivity contribution in [1.29, 1.82) is 0 Å². The number of hydrogen-bond donors (Lipinski definition) is 0. The summed E-state index contributed by atoms with van der Waals surface area (Å²) in [6, 6.07) is 4.70. The Hall–Kier alpha value is -1.96. The Morgan fingerprint density at radius 2 is 2.19 bits per heavy atom. The lowest BCUT2D eigenvalue weighted by Crippen LogP contribution is -2.08. The summed E-state index contributed by atoms with van der Waals surface area (Å²) >= 11 is 11.9. The highest BCUT2D eigenvalue weighted by atomic mass is 35.5. The van der Waals surface area contributed by atoms with E-state index >= 15 is 0 Å². The van der Waals surface area contributed by atoms with Gasteiger partial charge in [-0.15, -0.1) is 6.42 Å². The molecule has 108 valence electrons. The van der Waals surface area contributed by atoms with Crippen LogP contribution in [0.25, 0.3) is 0 Å². The molecule has 0 radical (unpaired) electrons. The van der Waals surface area contributed by atoms with Crippen molar-refractivity contribution in [2.24, 2.45) is 7.05 Å². The second-order valence-electron chi connectivity index (χ2n) is 4.34. The van der Waals surface area contributed by atoms with Crippen molar-refractivity contribution in [3.8, 4) is 18.2 Å². The normalized spacial score (nSPS) is 10.2. The van der Waals surface area contributed by atoms with E-state index in [0.29, 0.717) is 27.7 Å². The van der Waals surface area contributed by atoms with Gasteiger partial charge in [0, 0.05) is 17.6 Å². The van der Waals surface area contributed by atoms with E-state index in [0.717, 1.165) is 0 Å². The number of nitrogens with zero attached hydrogens (tertiary/aromatic N) is 2. The molecule has 0 aliphatic rings. The van der Waals surface area contributed by atoms with Gasteiger partial charge in [0.2, 0.25) is 11.7 Å². The Morgan fingerprint density at radius 3 is 2.81 bits per heavy atom. The predicted octanol–water partition coefficient (Wildman–Crippen LogP) is 3.28. The molecule has 6 heteroatoms. The largest absolute Gasteiger partial charge is 0.464 e. The highest BCUT2D eigenvalue weighted by molar-refractivity contribution is 6.37. The summed E-state index contributed by atoms with van der Waals surface area (Å²) in [4.78, 5) is 12.7. The van der Waals surface area contributed by atoms with Gasteiger partial charge < -0.3 is 4.74 Å². The summed E-state index contributed by atoms with van der Waals surface area (Å²) in [5.41, 5.74) is 1.22. The quantitative estimate of drug-likeness (QED) is 0.641. The van der Waals surface area contributed by atoms with Crippen molar-refractivity contribution in [1.82, 2.24) is 9.78 Å². The van der Waals surface area contributed by atoms with Gasteiger partial charge >= 0.3 is 0 Å². The molecule has 0 fully saturated rings. The van der Waals surface area contributed by atoms with Crippen molar-refractivity contribution in [2.45, 2.75) is 6.92 Å². The first-order valence-electron chi connectivity index (χ1n) is 6.05. The van der Waals surface area contributed by atoms with Crippen molar-refractivity contribution in [3.63, 3.8) is 0 Å². The predicted molar refractivity (Wildman–Crippen MR) is 82.2 cm³/mol. The summed E-state index contributed by atoms with van der Waals surface area (Å²) in [6.07, 6.45) is 5.19. The Balaban J connectivity index is 2.50. The first-order chi connectivity index (χ1) is 9.95. The minimum atomic E-state index is -0.283. The van der Waals surface area contributed by atoms with E-state index in [-0.39, 0.29) is 17.4 Å². The fourth-order valence-corrected chi connectivity index (χ4v) is 2.48. The van der Waals surface area contributed by atoms with Crippen LogP contribution in [0.4, 0.5) is 0 Å². The monoisotopic (exact) mass is 322 g/mol. The van der Waals surface area contributed by atoms with Crippen LogP contribution in [0, 0.1) is 19.3 Å². The molecule has 0 unspecified atom stereocenters. The lowest BCUT2D eigenvalue weighted by Gasteiger charge is -2.07. The number of terminal acetylenes is 1. The smallest absolute Gasteiger partial charge is 0.224 e. The third-order valence-electron chi connectivity index (χ3n) is 2.86. The van der Waals surface area contributed by atoms with Crippen LogP contribution < -0.4 is 4.74 Å². The maximum Gasteiger partial charge on any atom is 0.224 e. The Bertz CT molecular complexity index is 745. The number of carbonyl (C=O) groups is 1. The molecule has 1 aromatic carbocycles. The van der Waals surface area contributed by atoms with E-state index in [1.54, 1.807) is 26.1 Å². The van der Waals surface area contributed by atoms with E-state index in [1.807, 2.05) is 0 Å². The number of carbonyl (C=O) groups excluding carboxylic acids is 1. The first-order valence-corrected chi connectivity index (χ1v) is 6.81. The number of hydrogen-bond acceptors (Lipinski definition) is 3. The number of aromatic nitrogens is 2. The molecule has 0 saturated carbocycles. The molecule has 0 N–H and O–H groups in total. The van der Waals surface area contributed by atoms with Gasteiger partial charge in [-0.1, -0.05) is 29.1 Å². The fraction of sp³-hybridized carbons (Fsp3) is 0.200. The average Bonchev–Trinajstić information content (AvgIpc) is 2.70. The molecule has 1 heterocycles. The van der Waals surface area contributed by atoms with Crippen molar-refractivity contribution < 1.29 is 9.53 Å². The zero-order valence-corrected chi connectivity index (χ0v) is 13.0. The minimum Gasteiger partial charge on any atom is -0.464 e. The molecule has 0 spiro atoms. The molecular formula is C15H12Cl2N2O2. The third kappa shape index (κ3) is 3.05. The summed E-state index contributed by atoms with van der Waals surface area (Å²) < 4.78 is 6.89. The van der Waals surface area contributed by atoms with Gasteiger partial charge in [0.25, 0.3) is 0 Å². The number of ether oxygens (including phenoxy) is 1. The second-order valence-corrected chi connectivity index (χ2v) is 5.18. The lowest BCUT2D eigenvalue weighted by atomic mass is 10.0. The minimum absolute atomic E-state index is 0.0492. The van der Waals surface area contributed by atoms with Gasteiger partial charge in [0.15, 0.2) is 6.61 Å². The highest BCUT2D eigenvalue weighted by Crippen LogP contribution is 2.29. The van der Waals surface area contributed by atoms with E-state index in [4.69, 9.17) is 34.4 Å². The zero-order valence-electron chi connectivity index (χ0n) is 11.5. The molecule has 0 amide bonds. The van der Waals surface area contributed by atoms with E-state index in [9.17, 15) is 4.79 Å². The summed E-state index contributed by atoms with van der Waals surface area (Å²) in [6.45, 7) is 1.77. The zero-order chi connectivity index (χ0) is 15.6. The summed E-state index contributed by atoms with van der Waals surface area (Å²) in [7, 11) is 1.68. The van der Waals surface area contributed by atoms with Gasteiger partial charge in [-0.25, -0.2) is 4.68 Å². The SMILES string of the molecule is C#CCOc1c(C(=O)c2ccc(Cl)cc2Cl)c(C)nn1C. The summed E-state index contributed by atoms with van der Waals surface area (Å²) in [5, 5.41) is 4.93. The lowest BCUT2D eigenvalue weighted by molar-refractivity contribution is 0.103. The van der Waals surface area contributed by atoms with Crippen LogP contribution in [-0.2, 0) is 7.05 Å². The number of benzene rings is 1. The van der Waals surface area contributed by atoms with Gasteiger partial charge in [0.05, 0.1) is 10.7 Å². The number of halogens is 2. The van der Waals surface area contributed by atoms with Crippen molar-refractivity contribution >= 4 is 29.0 Å². The van der Waals surface area contributed by atoms with Gasteiger partial charge in [-0.3, -0.25) is 4.79 Å². The third-order valence-corrected chi connectivity index (χ3v) is 3.41. The standard InChI is InChI=1S/C15H12Cl2N2O2/c1-4-7-21-15-13(9(2)18-19(15)3)14(20)11-6-5-10(16)8-12(11)17/h1,5-6,8H,7H2,2-3H3. The summed E-state index contributed by atoms with van der Waals surface area (Å²) in [5.74, 6) is 2.40. The first kappa shape index (κ1) is 15.4. The number of rotatable bonds is 4. The molecule has 21 heavy (non-hydrogen) atoms. The Kier molecular flexibility index (Phi) is 4.56. The van der Waals surface area contributed by atoms with Crippen LogP contribution in [0.2, 0.25) is 10.0 Å². The molecule has 0 bridgehead atoms. The average molecular weight is 323 g/mol. The number of ketones is 1. The van der Waals surface area contributed by atoms with Crippen LogP contribution in [-0.4, -0.2) is 22.2 Å². The van der Waals surface area contributed by atoms with Gasteiger partial charge in [-0.2, -0.15) is 5.10 Å². The Labute approximate surface area is 132 Å². The van der Waals surface area contributed by atoms with E-state index in [2.05, 4.69) is 11.0 Å². The molecular weight excluding hydrogens is 311 g/mol. The molecule has 2 rings (SSSR count). The van der Waals surface area contributed by atoms with Crippen LogP contribution >= 0.6 is 23.2 Å². The van der Waals surface area contributed by atoms with Crippen LogP contribution in [0.1, 0.15) is 21.6 Å². The maximum absolute atomic E-state index is 12.7. The number of aryl methyl sites for hydroxylation is 2. The Morgan fingerprint density at radius 1 is 1.48 bits per heavy atom. The molecule has 0 aliphatic carbocycles. The maximum atomic E-state index is 12.7. The van der Waals surface area contributed by atoms with Crippen molar-refractivity contribution in [2.75, 3.05) is 6.61 Å². The second kappa shape index (κ2) is 6.21. The van der Waals surface area contributed by atoms with E-state index < -0.39 is 0 Å². The van der Waals surface area contributed by atoms with E-state index in [1.165, 1.54) is 10.7 Å². The topological polar surface area (TPSA) is 44.1 Å². The molecule has 0 aliphatic heterocycles. The molecule has 1 aromatic heterocycles. The van der Waals surface area contributed by atoms with Crippen LogP contribution in [0.15, 0.2) is 18.2 Å². The van der Waals surface area contributed by atoms with Crippen LogP contribution in [0.3, 0.4) is 0 Å². The van der Waals surface area contributed by atoms with Crippen LogP contribution in [0.5, 0.6) is 5.88 Å². The molecule has 4 nitrogen and oxygen atoms in total. The molecule has 0 saturated heterocycles. The fourth-order valence-electron chi connectivity index (χ4n) is 1.98. The van der Waals surface area contributed by atoms with Gasteiger partial charge in [-0.05, 0) is 25.1 Å². The van der Waals surface area contributed by atoms with Crippen molar-refractivity contribution in [3.05, 3.63) is 45.1 Å². The highest BCUT2D eigenvalue weighted by Gasteiger charge is 2.24. The van der Waals surface area contributed by atoms with Gasteiger partial charge in [0.1, 0.15) is 5.56 Å². The molecule has 2 aromatic rings. The molecule has 0 atom stereocenters.